The molecule has 0 bridgehead atoms. The number of hydrogen-bond acceptors (Lipinski definition) is 5. The molecule has 1 aliphatic rings. The van der Waals surface area contributed by atoms with Crippen molar-refractivity contribution in [3.8, 4) is 6.07 Å². The van der Waals surface area contributed by atoms with E-state index in [1.54, 1.807) is 11.9 Å². The molecule has 0 radical (unpaired) electrons. The van der Waals surface area contributed by atoms with Crippen LogP contribution < -0.4 is 10.6 Å². The van der Waals surface area contributed by atoms with Crippen LogP contribution in [-0.2, 0) is 22.4 Å². The number of anilines is 2. The summed E-state index contributed by atoms with van der Waals surface area (Å²) in [4.78, 5) is 27.6. The van der Waals surface area contributed by atoms with E-state index >= 15 is 0 Å². The molecule has 8 heteroatoms. The van der Waals surface area contributed by atoms with E-state index in [1.807, 2.05) is 24.3 Å². The largest absolute Gasteiger partial charge is 0.324 e. The Morgan fingerprint density at radius 3 is 2.72 bits per heavy atom. The van der Waals surface area contributed by atoms with E-state index in [0.717, 1.165) is 35.7 Å². The van der Waals surface area contributed by atoms with Crippen molar-refractivity contribution in [2.24, 2.45) is 0 Å². The number of rotatable bonds is 7. The first-order chi connectivity index (χ1) is 14.0. The summed E-state index contributed by atoms with van der Waals surface area (Å²) < 4.78 is 0.822. The molecule has 2 aromatic rings. The van der Waals surface area contributed by atoms with Gasteiger partial charge in [-0.25, -0.2) is 0 Å². The van der Waals surface area contributed by atoms with E-state index in [2.05, 4.69) is 32.6 Å². The summed E-state index contributed by atoms with van der Waals surface area (Å²) in [5.41, 5.74) is 2.45. The van der Waals surface area contributed by atoms with Crippen LogP contribution in [0.4, 0.5) is 10.7 Å². The summed E-state index contributed by atoms with van der Waals surface area (Å²) >= 11 is 4.93. The van der Waals surface area contributed by atoms with Crippen molar-refractivity contribution in [1.29, 1.82) is 5.26 Å². The van der Waals surface area contributed by atoms with Crippen LogP contribution in [-0.4, -0.2) is 36.9 Å². The highest BCUT2D eigenvalue weighted by Gasteiger charge is 2.21. The van der Waals surface area contributed by atoms with Crippen LogP contribution in [0, 0.1) is 11.3 Å². The average molecular weight is 475 g/mol. The quantitative estimate of drug-likeness (QED) is 0.630. The van der Waals surface area contributed by atoms with Crippen molar-refractivity contribution in [3.05, 3.63) is 44.7 Å². The molecule has 152 valence electrons. The zero-order chi connectivity index (χ0) is 20.8. The molecule has 2 amide bonds. The summed E-state index contributed by atoms with van der Waals surface area (Å²) in [6.45, 7) is 0.632. The SMILES string of the molecule is CN(CCC(=O)Nc1sc2c(c1C#N)CCCC2)CC(=O)Nc1ccccc1Br. The van der Waals surface area contributed by atoms with Crippen molar-refractivity contribution in [3.63, 3.8) is 0 Å². The molecule has 0 atom stereocenters. The van der Waals surface area contributed by atoms with Crippen molar-refractivity contribution < 1.29 is 9.59 Å². The van der Waals surface area contributed by atoms with Gasteiger partial charge in [-0.15, -0.1) is 11.3 Å². The molecule has 1 aliphatic carbocycles. The number of nitriles is 1. The van der Waals surface area contributed by atoms with Crippen LogP contribution in [0.5, 0.6) is 0 Å². The monoisotopic (exact) mass is 474 g/mol. The maximum Gasteiger partial charge on any atom is 0.238 e. The maximum absolute atomic E-state index is 12.4. The smallest absolute Gasteiger partial charge is 0.238 e. The molecule has 29 heavy (non-hydrogen) atoms. The molecule has 1 aromatic heterocycles. The summed E-state index contributed by atoms with van der Waals surface area (Å²) in [6, 6.07) is 9.68. The van der Waals surface area contributed by atoms with Gasteiger partial charge in [0.15, 0.2) is 0 Å². The van der Waals surface area contributed by atoms with Gasteiger partial charge in [0.2, 0.25) is 11.8 Å². The van der Waals surface area contributed by atoms with Crippen molar-refractivity contribution in [1.82, 2.24) is 4.90 Å². The molecule has 0 aliphatic heterocycles. The Morgan fingerprint density at radius 1 is 1.21 bits per heavy atom. The van der Waals surface area contributed by atoms with Gasteiger partial charge in [-0.2, -0.15) is 5.26 Å². The third-order valence-electron chi connectivity index (χ3n) is 4.82. The van der Waals surface area contributed by atoms with Crippen LogP contribution in [0.1, 0.15) is 35.3 Å². The lowest BCUT2D eigenvalue weighted by Gasteiger charge is -2.16. The second kappa shape index (κ2) is 10.0. The fourth-order valence-electron chi connectivity index (χ4n) is 3.33. The molecular formula is C21H23BrN4O2S. The molecule has 3 rings (SSSR count). The van der Waals surface area contributed by atoms with E-state index in [1.165, 1.54) is 16.2 Å². The third-order valence-corrected chi connectivity index (χ3v) is 6.72. The van der Waals surface area contributed by atoms with Gasteiger partial charge in [-0.05, 0) is 66.4 Å². The zero-order valence-electron chi connectivity index (χ0n) is 16.3. The Hall–Kier alpha value is -2.21. The van der Waals surface area contributed by atoms with Crippen LogP contribution in [0.2, 0.25) is 0 Å². The molecule has 1 aromatic carbocycles. The minimum atomic E-state index is -0.141. The number of aryl methyl sites for hydroxylation is 1. The zero-order valence-corrected chi connectivity index (χ0v) is 18.7. The molecule has 0 unspecified atom stereocenters. The molecule has 0 saturated carbocycles. The number of nitrogens with zero attached hydrogens (tertiary/aromatic N) is 2. The van der Waals surface area contributed by atoms with Crippen LogP contribution in [0.15, 0.2) is 28.7 Å². The topological polar surface area (TPSA) is 85.2 Å². The third kappa shape index (κ3) is 5.66. The number of likely N-dealkylation sites (N-methyl/N-ethyl adjacent to an activating group) is 1. The van der Waals surface area contributed by atoms with E-state index in [-0.39, 0.29) is 24.8 Å². The van der Waals surface area contributed by atoms with Gasteiger partial charge in [-0.1, -0.05) is 12.1 Å². The molecular weight excluding hydrogens is 452 g/mol. The second-order valence-corrected chi connectivity index (χ2v) is 9.05. The minimum absolute atomic E-state index is 0.141. The Labute approximate surface area is 183 Å². The Kier molecular flexibility index (Phi) is 7.42. The number of carbonyl (C=O) groups excluding carboxylic acids is 2. The second-order valence-electron chi connectivity index (χ2n) is 7.09. The highest BCUT2D eigenvalue weighted by atomic mass is 79.9. The average Bonchev–Trinajstić information content (AvgIpc) is 3.05. The van der Waals surface area contributed by atoms with Gasteiger partial charge in [0.1, 0.15) is 11.1 Å². The van der Waals surface area contributed by atoms with Crippen molar-refractivity contribution >= 4 is 49.8 Å². The number of nitrogens with one attached hydrogen (secondary N) is 2. The maximum atomic E-state index is 12.4. The first-order valence-corrected chi connectivity index (χ1v) is 11.2. The highest BCUT2D eigenvalue weighted by molar-refractivity contribution is 9.10. The van der Waals surface area contributed by atoms with E-state index in [0.29, 0.717) is 22.8 Å². The van der Waals surface area contributed by atoms with Crippen LogP contribution in [0.25, 0.3) is 0 Å². The summed E-state index contributed by atoms with van der Waals surface area (Å²) in [6.07, 6.45) is 4.39. The van der Waals surface area contributed by atoms with E-state index < -0.39 is 0 Å². The van der Waals surface area contributed by atoms with Gasteiger partial charge in [0, 0.05) is 22.3 Å². The van der Waals surface area contributed by atoms with E-state index in [9.17, 15) is 14.9 Å². The Bertz CT molecular complexity index is 951. The molecule has 0 saturated heterocycles. The molecule has 0 fully saturated rings. The summed E-state index contributed by atoms with van der Waals surface area (Å²) in [5, 5.41) is 15.9. The molecule has 6 nitrogen and oxygen atoms in total. The first kappa shape index (κ1) is 21.5. The Morgan fingerprint density at radius 2 is 1.97 bits per heavy atom. The number of amides is 2. The number of halogens is 1. The summed E-state index contributed by atoms with van der Waals surface area (Å²) in [5.74, 6) is -0.282. The predicted octanol–water partition coefficient (Wildman–Crippen LogP) is 4.16. The number of fused-ring (bicyclic) bond motifs is 1. The lowest BCUT2D eigenvalue weighted by molar-refractivity contribution is -0.119. The van der Waals surface area contributed by atoms with Gasteiger partial charge in [0.05, 0.1) is 17.8 Å². The number of hydrogen-bond donors (Lipinski definition) is 2. The van der Waals surface area contributed by atoms with Gasteiger partial charge in [-0.3, -0.25) is 14.5 Å². The van der Waals surface area contributed by atoms with Gasteiger partial charge >= 0.3 is 0 Å². The van der Waals surface area contributed by atoms with Crippen molar-refractivity contribution in [2.75, 3.05) is 30.8 Å². The number of benzene rings is 1. The van der Waals surface area contributed by atoms with Gasteiger partial charge in [0.25, 0.3) is 0 Å². The molecule has 0 spiro atoms. The fourth-order valence-corrected chi connectivity index (χ4v) is 4.97. The van der Waals surface area contributed by atoms with E-state index in [4.69, 9.17) is 0 Å². The lowest BCUT2D eigenvalue weighted by Crippen LogP contribution is -2.32. The molecule has 2 N–H and O–H groups in total. The standard InChI is InChI=1S/C21H23BrN4O2S/c1-26(13-20(28)24-17-8-4-3-7-16(17)22)11-10-19(27)25-21-15(12-23)14-6-2-5-9-18(14)29-21/h3-4,7-8H,2,5-6,9-11,13H2,1H3,(H,24,28)(H,25,27). The number of para-hydroxylation sites is 1. The fraction of sp³-hybridized carbons (Fsp3) is 0.381. The minimum Gasteiger partial charge on any atom is -0.324 e. The molecule has 1 heterocycles. The lowest BCUT2D eigenvalue weighted by atomic mass is 9.96. The normalized spacial score (nSPS) is 12.9. The Balaban J connectivity index is 1.48. The predicted molar refractivity (Wildman–Crippen MR) is 119 cm³/mol. The van der Waals surface area contributed by atoms with Crippen LogP contribution in [0.3, 0.4) is 0 Å². The number of thiophene rings is 1. The summed E-state index contributed by atoms with van der Waals surface area (Å²) in [7, 11) is 1.80. The van der Waals surface area contributed by atoms with Crippen LogP contribution >= 0.6 is 27.3 Å². The van der Waals surface area contributed by atoms with Crippen molar-refractivity contribution in [2.45, 2.75) is 32.1 Å². The number of carbonyl (C=O) groups is 2. The van der Waals surface area contributed by atoms with Gasteiger partial charge < -0.3 is 10.6 Å². The highest BCUT2D eigenvalue weighted by Crippen LogP contribution is 2.37. The first-order valence-electron chi connectivity index (χ1n) is 9.55.